The standard InChI is InChI=1S/C15H21FN2O2/c1-3-4-5-10-18(12(2)19)11-15(20)17-14-8-6-13(16)7-9-14/h6-9H,3-5,10-11H2,1-2H3,(H,17,20). The van der Waals surface area contributed by atoms with Crippen molar-refractivity contribution in [2.75, 3.05) is 18.4 Å². The van der Waals surface area contributed by atoms with Crippen LogP contribution in [0.2, 0.25) is 0 Å². The lowest BCUT2D eigenvalue weighted by atomic mass is 10.2. The predicted octanol–water partition coefficient (Wildman–Crippen LogP) is 2.80. The van der Waals surface area contributed by atoms with Crippen molar-refractivity contribution >= 4 is 17.5 Å². The second kappa shape index (κ2) is 8.30. The van der Waals surface area contributed by atoms with E-state index >= 15 is 0 Å². The highest BCUT2D eigenvalue weighted by molar-refractivity contribution is 5.94. The molecule has 0 aliphatic rings. The zero-order valence-electron chi connectivity index (χ0n) is 12.0. The van der Waals surface area contributed by atoms with Crippen LogP contribution in [-0.4, -0.2) is 29.8 Å². The largest absolute Gasteiger partial charge is 0.334 e. The number of unbranched alkanes of at least 4 members (excludes halogenated alkanes) is 2. The predicted molar refractivity (Wildman–Crippen MR) is 76.8 cm³/mol. The smallest absolute Gasteiger partial charge is 0.243 e. The van der Waals surface area contributed by atoms with Crippen LogP contribution in [0.5, 0.6) is 0 Å². The minimum atomic E-state index is -0.354. The Labute approximate surface area is 119 Å². The van der Waals surface area contributed by atoms with E-state index in [2.05, 4.69) is 12.2 Å². The van der Waals surface area contributed by atoms with Gasteiger partial charge in [-0.3, -0.25) is 9.59 Å². The Balaban J connectivity index is 2.48. The van der Waals surface area contributed by atoms with Crippen molar-refractivity contribution in [1.82, 2.24) is 4.90 Å². The van der Waals surface area contributed by atoms with Crippen molar-refractivity contribution in [3.8, 4) is 0 Å². The van der Waals surface area contributed by atoms with Crippen LogP contribution >= 0.6 is 0 Å². The molecular weight excluding hydrogens is 259 g/mol. The number of hydrogen-bond donors (Lipinski definition) is 1. The van der Waals surface area contributed by atoms with E-state index in [9.17, 15) is 14.0 Å². The van der Waals surface area contributed by atoms with Gasteiger partial charge in [0.15, 0.2) is 0 Å². The third-order valence-corrected chi connectivity index (χ3v) is 2.94. The van der Waals surface area contributed by atoms with Gasteiger partial charge in [-0.1, -0.05) is 19.8 Å². The normalized spacial score (nSPS) is 10.2. The Hall–Kier alpha value is -1.91. The molecule has 0 fully saturated rings. The summed E-state index contributed by atoms with van der Waals surface area (Å²) in [5.74, 6) is -0.744. The molecule has 0 atom stereocenters. The molecule has 0 bridgehead atoms. The van der Waals surface area contributed by atoms with Crippen molar-refractivity contribution in [1.29, 1.82) is 0 Å². The van der Waals surface area contributed by atoms with Gasteiger partial charge >= 0.3 is 0 Å². The molecule has 0 radical (unpaired) electrons. The number of rotatable bonds is 7. The molecule has 20 heavy (non-hydrogen) atoms. The highest BCUT2D eigenvalue weighted by Crippen LogP contribution is 2.08. The van der Waals surface area contributed by atoms with Crippen molar-refractivity contribution in [3.05, 3.63) is 30.1 Å². The van der Waals surface area contributed by atoms with Gasteiger partial charge in [-0.2, -0.15) is 0 Å². The molecule has 0 aliphatic carbocycles. The van der Waals surface area contributed by atoms with Crippen molar-refractivity contribution in [2.45, 2.75) is 33.1 Å². The maximum Gasteiger partial charge on any atom is 0.243 e. The quantitative estimate of drug-likeness (QED) is 0.781. The Morgan fingerprint density at radius 3 is 2.40 bits per heavy atom. The summed E-state index contributed by atoms with van der Waals surface area (Å²) in [6.07, 6.45) is 2.98. The van der Waals surface area contributed by atoms with Gasteiger partial charge in [-0.25, -0.2) is 4.39 Å². The average molecular weight is 280 g/mol. The van der Waals surface area contributed by atoms with E-state index in [1.54, 1.807) is 0 Å². The molecule has 0 aliphatic heterocycles. The molecule has 1 N–H and O–H groups in total. The Morgan fingerprint density at radius 2 is 1.85 bits per heavy atom. The van der Waals surface area contributed by atoms with Gasteiger partial charge in [0, 0.05) is 19.2 Å². The SMILES string of the molecule is CCCCCN(CC(=O)Nc1ccc(F)cc1)C(C)=O. The number of anilines is 1. The Morgan fingerprint density at radius 1 is 1.20 bits per heavy atom. The van der Waals surface area contributed by atoms with Crippen molar-refractivity contribution in [3.63, 3.8) is 0 Å². The molecule has 0 saturated heterocycles. The number of amides is 2. The monoisotopic (exact) mass is 280 g/mol. The molecule has 2 amide bonds. The van der Waals surface area contributed by atoms with Gasteiger partial charge in [0.25, 0.3) is 0 Å². The summed E-state index contributed by atoms with van der Waals surface area (Å²) in [5.41, 5.74) is 0.522. The van der Waals surface area contributed by atoms with Gasteiger partial charge in [-0.05, 0) is 30.7 Å². The van der Waals surface area contributed by atoms with E-state index in [4.69, 9.17) is 0 Å². The summed E-state index contributed by atoms with van der Waals surface area (Å²) in [6, 6.07) is 5.53. The molecule has 0 saturated carbocycles. The van der Waals surface area contributed by atoms with Gasteiger partial charge in [0.2, 0.25) is 11.8 Å². The van der Waals surface area contributed by atoms with E-state index in [0.717, 1.165) is 19.3 Å². The van der Waals surface area contributed by atoms with E-state index < -0.39 is 0 Å². The molecule has 5 heteroatoms. The fourth-order valence-electron chi connectivity index (χ4n) is 1.81. The van der Waals surface area contributed by atoms with E-state index in [-0.39, 0.29) is 24.2 Å². The summed E-state index contributed by atoms with van der Waals surface area (Å²) >= 11 is 0. The first-order valence-electron chi connectivity index (χ1n) is 6.84. The zero-order valence-corrected chi connectivity index (χ0v) is 12.0. The highest BCUT2D eigenvalue weighted by atomic mass is 19.1. The minimum Gasteiger partial charge on any atom is -0.334 e. The number of carbonyl (C=O) groups excluding carboxylic acids is 2. The van der Waals surface area contributed by atoms with Gasteiger partial charge in [-0.15, -0.1) is 0 Å². The molecule has 1 aromatic carbocycles. The summed E-state index contributed by atoms with van der Waals surface area (Å²) in [5, 5.41) is 2.65. The Bertz CT molecular complexity index is 446. The van der Waals surface area contributed by atoms with Crippen LogP contribution in [0.15, 0.2) is 24.3 Å². The van der Waals surface area contributed by atoms with Crippen LogP contribution in [-0.2, 0) is 9.59 Å². The maximum absolute atomic E-state index is 12.7. The van der Waals surface area contributed by atoms with Crippen LogP contribution < -0.4 is 5.32 Å². The first-order valence-corrected chi connectivity index (χ1v) is 6.84. The van der Waals surface area contributed by atoms with E-state index in [1.807, 2.05) is 0 Å². The zero-order chi connectivity index (χ0) is 15.0. The molecule has 1 aromatic rings. The third kappa shape index (κ3) is 5.82. The lowest BCUT2D eigenvalue weighted by molar-refractivity contribution is -0.132. The molecule has 0 heterocycles. The lowest BCUT2D eigenvalue weighted by Gasteiger charge is -2.20. The summed E-state index contributed by atoms with van der Waals surface area (Å²) < 4.78 is 12.7. The summed E-state index contributed by atoms with van der Waals surface area (Å²) in [4.78, 5) is 24.8. The molecule has 0 spiro atoms. The molecule has 0 unspecified atom stereocenters. The molecule has 0 aromatic heterocycles. The molecule has 4 nitrogen and oxygen atoms in total. The van der Waals surface area contributed by atoms with E-state index in [1.165, 1.54) is 36.1 Å². The summed E-state index contributed by atoms with van der Waals surface area (Å²) in [7, 11) is 0. The number of benzene rings is 1. The molecule has 1 rings (SSSR count). The lowest BCUT2D eigenvalue weighted by Crippen LogP contribution is -2.37. The Kier molecular flexibility index (Phi) is 6.70. The van der Waals surface area contributed by atoms with Crippen molar-refractivity contribution in [2.24, 2.45) is 0 Å². The number of halogens is 1. The summed E-state index contributed by atoms with van der Waals surface area (Å²) in [6.45, 7) is 4.15. The first kappa shape index (κ1) is 16.1. The van der Waals surface area contributed by atoms with Crippen LogP contribution in [0.3, 0.4) is 0 Å². The van der Waals surface area contributed by atoms with Gasteiger partial charge in [0.1, 0.15) is 5.82 Å². The van der Waals surface area contributed by atoms with Crippen molar-refractivity contribution < 1.29 is 14.0 Å². The number of hydrogen-bond acceptors (Lipinski definition) is 2. The van der Waals surface area contributed by atoms with Gasteiger partial charge in [0.05, 0.1) is 6.54 Å². The topological polar surface area (TPSA) is 49.4 Å². The average Bonchev–Trinajstić information content (AvgIpc) is 2.40. The fourth-order valence-corrected chi connectivity index (χ4v) is 1.81. The molecular formula is C15H21FN2O2. The van der Waals surface area contributed by atoms with Crippen LogP contribution in [0.1, 0.15) is 33.1 Å². The van der Waals surface area contributed by atoms with Crippen LogP contribution in [0.25, 0.3) is 0 Å². The number of carbonyl (C=O) groups is 2. The molecule has 110 valence electrons. The van der Waals surface area contributed by atoms with Crippen LogP contribution in [0, 0.1) is 5.82 Å². The number of nitrogens with zero attached hydrogens (tertiary/aromatic N) is 1. The minimum absolute atomic E-state index is 0.0242. The maximum atomic E-state index is 12.7. The van der Waals surface area contributed by atoms with Crippen LogP contribution in [0.4, 0.5) is 10.1 Å². The van der Waals surface area contributed by atoms with Gasteiger partial charge < -0.3 is 10.2 Å². The fraction of sp³-hybridized carbons (Fsp3) is 0.467. The number of nitrogens with one attached hydrogen (secondary N) is 1. The van der Waals surface area contributed by atoms with E-state index in [0.29, 0.717) is 12.2 Å². The first-order chi connectivity index (χ1) is 9.52. The second-order valence-corrected chi connectivity index (χ2v) is 4.70. The third-order valence-electron chi connectivity index (χ3n) is 2.94. The second-order valence-electron chi connectivity index (χ2n) is 4.70. The highest BCUT2D eigenvalue weighted by Gasteiger charge is 2.13.